The molecule has 11 heteroatoms. The Bertz CT molecular complexity index is 1690. The van der Waals surface area contributed by atoms with E-state index in [1.165, 1.54) is 6.07 Å². The van der Waals surface area contributed by atoms with E-state index in [-0.39, 0.29) is 46.2 Å². The van der Waals surface area contributed by atoms with E-state index in [2.05, 4.69) is 15.3 Å². The van der Waals surface area contributed by atoms with Gasteiger partial charge in [0, 0.05) is 12.7 Å². The van der Waals surface area contributed by atoms with Gasteiger partial charge < -0.3 is 24.5 Å². The first-order valence-corrected chi connectivity index (χ1v) is 15.4. The molecule has 7 rings (SSSR count). The topological polar surface area (TPSA) is 103 Å². The molecule has 0 bridgehead atoms. The molecule has 4 heterocycles. The third-order valence-corrected chi connectivity index (χ3v) is 10.5. The first kappa shape index (κ1) is 26.5. The highest BCUT2D eigenvalue weighted by Crippen LogP contribution is 2.35. The molecule has 0 aliphatic carbocycles. The van der Waals surface area contributed by atoms with Crippen molar-refractivity contribution in [1.82, 2.24) is 15.3 Å². The fourth-order valence-electron chi connectivity index (χ4n) is 6.02. The summed E-state index contributed by atoms with van der Waals surface area (Å²) in [6, 6.07) is 14.9. The molecule has 3 fully saturated rings. The molecule has 3 aliphatic rings. The molecule has 0 spiro atoms. The Labute approximate surface area is 235 Å². The molecule has 3 aromatic carbocycles. The SMILES string of the molecule is O=S(=O)(c1ccc(-c2ccc(-c3c(F)cc4[nH]c(OC5CO[C@@H]6CCO[C@H]56)nc4c3F)cc2)cc1)C1CCNCC1. The summed E-state index contributed by atoms with van der Waals surface area (Å²) >= 11 is 0. The first-order valence-electron chi connectivity index (χ1n) is 13.8. The summed E-state index contributed by atoms with van der Waals surface area (Å²) in [4.78, 5) is 7.43. The van der Waals surface area contributed by atoms with Crippen molar-refractivity contribution in [3.8, 4) is 28.3 Å². The van der Waals surface area contributed by atoms with Crippen LogP contribution < -0.4 is 10.1 Å². The molecule has 41 heavy (non-hydrogen) atoms. The second-order valence-corrected chi connectivity index (χ2v) is 13.0. The number of hydrogen-bond acceptors (Lipinski definition) is 7. The summed E-state index contributed by atoms with van der Waals surface area (Å²) < 4.78 is 74.0. The van der Waals surface area contributed by atoms with Gasteiger partial charge in [0.2, 0.25) is 0 Å². The number of halogens is 2. The van der Waals surface area contributed by atoms with Crippen molar-refractivity contribution in [2.45, 2.75) is 47.7 Å². The van der Waals surface area contributed by atoms with Gasteiger partial charge in [-0.15, -0.1) is 0 Å². The summed E-state index contributed by atoms with van der Waals surface area (Å²) in [6.45, 7) is 2.34. The van der Waals surface area contributed by atoms with Crippen molar-refractivity contribution >= 4 is 20.9 Å². The van der Waals surface area contributed by atoms with Crippen LogP contribution >= 0.6 is 0 Å². The number of aromatic amines is 1. The van der Waals surface area contributed by atoms with E-state index >= 15 is 8.78 Å². The van der Waals surface area contributed by atoms with Crippen molar-refractivity contribution in [3.05, 3.63) is 66.2 Å². The van der Waals surface area contributed by atoms with Crippen molar-refractivity contribution in [2.24, 2.45) is 0 Å². The molecule has 4 aromatic rings. The summed E-state index contributed by atoms with van der Waals surface area (Å²) in [5, 5.41) is 2.81. The molecule has 1 unspecified atom stereocenters. The van der Waals surface area contributed by atoms with Crippen LogP contribution in [0.2, 0.25) is 0 Å². The lowest BCUT2D eigenvalue weighted by Gasteiger charge is -2.22. The van der Waals surface area contributed by atoms with E-state index in [0.29, 0.717) is 49.6 Å². The second-order valence-electron chi connectivity index (χ2n) is 10.7. The molecule has 2 N–H and O–H groups in total. The molecular formula is C30H29F2N3O5S. The third-order valence-electron chi connectivity index (χ3n) is 8.25. The van der Waals surface area contributed by atoms with E-state index in [9.17, 15) is 8.42 Å². The molecule has 214 valence electrons. The molecule has 0 saturated carbocycles. The zero-order chi connectivity index (χ0) is 28.1. The minimum absolute atomic E-state index is 0.0153. The van der Waals surface area contributed by atoms with Gasteiger partial charge in [0.25, 0.3) is 6.01 Å². The number of imidazole rings is 1. The largest absolute Gasteiger partial charge is 0.456 e. The van der Waals surface area contributed by atoms with Crippen LogP contribution in [-0.2, 0) is 19.3 Å². The van der Waals surface area contributed by atoms with Gasteiger partial charge in [-0.05, 0) is 61.2 Å². The minimum atomic E-state index is -3.39. The van der Waals surface area contributed by atoms with Crippen LogP contribution in [0.25, 0.3) is 33.3 Å². The van der Waals surface area contributed by atoms with Crippen molar-refractivity contribution in [2.75, 3.05) is 26.3 Å². The Hall–Kier alpha value is -3.38. The Balaban J connectivity index is 1.12. The molecule has 3 atom stereocenters. The number of nitrogens with one attached hydrogen (secondary N) is 2. The number of fused-ring (bicyclic) bond motifs is 2. The normalized spacial score (nSPS) is 23.2. The van der Waals surface area contributed by atoms with E-state index in [1.807, 2.05) is 0 Å². The molecule has 0 radical (unpaired) electrons. The fourth-order valence-corrected chi connectivity index (χ4v) is 7.77. The van der Waals surface area contributed by atoms with Gasteiger partial charge in [0.15, 0.2) is 21.8 Å². The average Bonchev–Trinajstić information content (AvgIpc) is 3.72. The number of rotatable bonds is 6. The zero-order valence-corrected chi connectivity index (χ0v) is 22.9. The van der Waals surface area contributed by atoms with Crippen LogP contribution in [0, 0.1) is 11.6 Å². The minimum Gasteiger partial charge on any atom is -0.456 e. The third kappa shape index (κ3) is 4.80. The summed E-state index contributed by atoms with van der Waals surface area (Å²) in [5.74, 6) is -1.52. The lowest BCUT2D eigenvalue weighted by molar-refractivity contribution is 0.0273. The van der Waals surface area contributed by atoms with Crippen LogP contribution in [0.15, 0.2) is 59.5 Å². The van der Waals surface area contributed by atoms with Crippen LogP contribution in [0.3, 0.4) is 0 Å². The van der Waals surface area contributed by atoms with Gasteiger partial charge in [-0.2, -0.15) is 4.98 Å². The maximum atomic E-state index is 15.6. The van der Waals surface area contributed by atoms with Crippen LogP contribution in [0.5, 0.6) is 6.01 Å². The van der Waals surface area contributed by atoms with Crippen LogP contribution in [0.1, 0.15) is 19.3 Å². The van der Waals surface area contributed by atoms with E-state index in [4.69, 9.17) is 14.2 Å². The fraction of sp³-hybridized carbons (Fsp3) is 0.367. The average molecular weight is 582 g/mol. The Morgan fingerprint density at radius 3 is 2.32 bits per heavy atom. The number of ether oxygens (including phenoxy) is 3. The molecule has 8 nitrogen and oxygen atoms in total. The molecule has 1 aromatic heterocycles. The van der Waals surface area contributed by atoms with Crippen LogP contribution in [-0.4, -0.2) is 68.3 Å². The van der Waals surface area contributed by atoms with E-state index in [1.54, 1.807) is 48.5 Å². The van der Waals surface area contributed by atoms with Gasteiger partial charge in [-0.3, -0.25) is 0 Å². The van der Waals surface area contributed by atoms with Gasteiger partial charge in [-0.1, -0.05) is 36.4 Å². The molecule has 3 aliphatic heterocycles. The maximum absolute atomic E-state index is 15.6. The lowest BCUT2D eigenvalue weighted by Crippen LogP contribution is -2.35. The van der Waals surface area contributed by atoms with Gasteiger partial charge in [0.1, 0.15) is 17.4 Å². The lowest BCUT2D eigenvalue weighted by atomic mass is 9.99. The number of aromatic nitrogens is 2. The predicted octanol–water partition coefficient (Wildman–Crippen LogP) is 4.64. The molecule has 0 amide bonds. The molecular weight excluding hydrogens is 552 g/mol. The van der Waals surface area contributed by atoms with Gasteiger partial charge in [-0.25, -0.2) is 17.2 Å². The smallest absolute Gasteiger partial charge is 0.295 e. The number of hydrogen-bond donors (Lipinski definition) is 2. The van der Waals surface area contributed by atoms with E-state index < -0.39 is 21.5 Å². The van der Waals surface area contributed by atoms with Crippen LogP contribution in [0.4, 0.5) is 8.78 Å². The number of nitrogens with zero attached hydrogens (tertiary/aromatic N) is 1. The maximum Gasteiger partial charge on any atom is 0.295 e. The van der Waals surface area contributed by atoms with Crippen molar-refractivity contribution in [3.63, 3.8) is 0 Å². The Kier molecular flexibility index (Phi) is 6.77. The van der Waals surface area contributed by atoms with Gasteiger partial charge >= 0.3 is 0 Å². The number of sulfone groups is 1. The Morgan fingerprint density at radius 1 is 0.902 bits per heavy atom. The Morgan fingerprint density at radius 2 is 1.59 bits per heavy atom. The van der Waals surface area contributed by atoms with E-state index in [0.717, 1.165) is 17.5 Å². The second kappa shape index (κ2) is 10.5. The zero-order valence-electron chi connectivity index (χ0n) is 22.1. The summed E-state index contributed by atoms with van der Waals surface area (Å²) in [5.41, 5.74) is 1.94. The van der Waals surface area contributed by atoms with Crippen molar-refractivity contribution < 1.29 is 31.4 Å². The highest BCUT2D eigenvalue weighted by atomic mass is 32.2. The number of H-pyrrole nitrogens is 1. The number of piperidine rings is 1. The quantitative estimate of drug-likeness (QED) is 0.342. The molecule has 3 saturated heterocycles. The predicted molar refractivity (Wildman–Crippen MR) is 148 cm³/mol. The number of benzene rings is 3. The highest BCUT2D eigenvalue weighted by Gasteiger charge is 2.43. The first-order chi connectivity index (χ1) is 19.9. The monoisotopic (exact) mass is 581 g/mol. The summed E-state index contributed by atoms with van der Waals surface area (Å²) in [6.07, 6.45) is 1.41. The standard InChI is InChI=1S/C30H29F2N3O5S/c31-22-15-23-28(35-30(34-23)40-25-16-39-24-11-14-38-29(24)25)27(32)26(22)19-3-1-17(2-4-19)18-5-7-20(8-6-18)41(36,37)21-9-12-33-13-10-21/h1-8,15,21,24-25,29,33H,9-14,16H2,(H,34,35)/t24-,25?,29+/m1/s1. The highest BCUT2D eigenvalue weighted by molar-refractivity contribution is 7.92. The summed E-state index contributed by atoms with van der Waals surface area (Å²) in [7, 11) is -3.39. The van der Waals surface area contributed by atoms with Gasteiger partial charge in [0.05, 0.1) is 33.9 Å². The van der Waals surface area contributed by atoms with Crippen molar-refractivity contribution in [1.29, 1.82) is 0 Å².